The number of sulfonamides is 1. The lowest BCUT2D eigenvalue weighted by Crippen LogP contribution is -2.61. The van der Waals surface area contributed by atoms with Crippen LogP contribution in [0.15, 0.2) is 59.0 Å². The van der Waals surface area contributed by atoms with E-state index in [-0.39, 0.29) is 11.0 Å². The van der Waals surface area contributed by atoms with Gasteiger partial charge in [0.15, 0.2) is 0 Å². The van der Waals surface area contributed by atoms with Crippen molar-refractivity contribution in [2.24, 2.45) is 5.41 Å². The quantitative estimate of drug-likeness (QED) is 0.482. The molecule has 1 aromatic rings. The Balaban J connectivity index is 2.44. The van der Waals surface area contributed by atoms with Crippen molar-refractivity contribution >= 4 is 20.1 Å². The Morgan fingerprint density at radius 2 is 1.50 bits per heavy atom. The third-order valence-corrected chi connectivity index (χ3v) is 7.10. The van der Waals surface area contributed by atoms with Gasteiger partial charge in [0.1, 0.15) is 5.25 Å². The molecule has 0 aliphatic heterocycles. The second-order valence-corrected chi connectivity index (χ2v) is 9.58. The van der Waals surface area contributed by atoms with Gasteiger partial charge in [-0.1, -0.05) is 36.4 Å². The van der Waals surface area contributed by atoms with E-state index in [0.29, 0.717) is 12.2 Å². The van der Waals surface area contributed by atoms with Crippen LogP contribution in [0, 0.1) is 5.41 Å². The topological polar surface area (TPSA) is 101 Å². The number of allylic oxidation sites excluding steroid dienone is 2. The molecule has 1 aliphatic carbocycles. The maximum atomic E-state index is 13.7. The summed E-state index contributed by atoms with van der Waals surface area (Å²) in [7, 11) is -10.1. The number of rotatable bonds is 6. The van der Waals surface area contributed by atoms with Gasteiger partial charge in [-0.2, -0.15) is 34.8 Å². The van der Waals surface area contributed by atoms with Crippen LogP contribution in [-0.2, 0) is 20.1 Å². The second kappa shape index (κ2) is 7.98. The molecule has 0 fully saturated rings. The molecule has 0 aromatic heterocycles. The monoisotopic (exact) mass is 479 g/mol. The van der Waals surface area contributed by atoms with E-state index in [4.69, 9.17) is 4.55 Å². The molecule has 1 unspecified atom stereocenters. The van der Waals surface area contributed by atoms with E-state index in [2.05, 4.69) is 0 Å². The van der Waals surface area contributed by atoms with Gasteiger partial charge >= 0.3 is 12.4 Å². The Morgan fingerprint density at radius 3 is 1.97 bits per heavy atom. The van der Waals surface area contributed by atoms with Crippen LogP contribution in [-0.4, -0.2) is 45.5 Å². The van der Waals surface area contributed by atoms with Crippen LogP contribution in [0.2, 0.25) is 0 Å². The molecule has 1 atom stereocenters. The Morgan fingerprint density at radius 1 is 0.967 bits per heavy atom. The molecule has 6 nitrogen and oxygen atoms in total. The summed E-state index contributed by atoms with van der Waals surface area (Å²) in [5, 5.41) is -3.38. The average Bonchev–Trinajstić information content (AvgIpc) is 2.59. The maximum absolute atomic E-state index is 13.7. The van der Waals surface area contributed by atoms with Crippen molar-refractivity contribution in [2.75, 3.05) is 6.54 Å². The summed E-state index contributed by atoms with van der Waals surface area (Å²) in [5.74, 6) is 0. The zero-order valence-electron chi connectivity index (χ0n) is 14.8. The average molecular weight is 479 g/mol. The van der Waals surface area contributed by atoms with E-state index in [9.17, 15) is 43.2 Å². The van der Waals surface area contributed by atoms with Crippen molar-refractivity contribution in [1.29, 1.82) is 0 Å². The van der Waals surface area contributed by atoms with Crippen molar-refractivity contribution in [3.8, 4) is 0 Å². The van der Waals surface area contributed by atoms with Crippen molar-refractivity contribution in [1.82, 2.24) is 4.72 Å². The number of halogens is 6. The molecule has 0 radical (unpaired) electrons. The van der Waals surface area contributed by atoms with Crippen LogP contribution in [0.5, 0.6) is 0 Å². The fourth-order valence-corrected chi connectivity index (χ4v) is 5.39. The first kappa shape index (κ1) is 24.4. The summed E-state index contributed by atoms with van der Waals surface area (Å²) in [4.78, 5) is -0.267. The summed E-state index contributed by atoms with van der Waals surface area (Å²) in [5.41, 5.74) is -6.40. The van der Waals surface area contributed by atoms with Gasteiger partial charge < -0.3 is 0 Å². The van der Waals surface area contributed by atoms with Crippen molar-refractivity contribution < 1.29 is 47.7 Å². The highest BCUT2D eigenvalue weighted by atomic mass is 32.2. The number of benzene rings is 1. The van der Waals surface area contributed by atoms with Crippen molar-refractivity contribution in [3.05, 3.63) is 54.1 Å². The van der Waals surface area contributed by atoms with Crippen LogP contribution in [0.4, 0.5) is 26.3 Å². The van der Waals surface area contributed by atoms with Crippen LogP contribution < -0.4 is 4.72 Å². The lowest BCUT2D eigenvalue weighted by molar-refractivity contribution is -0.324. The lowest BCUT2D eigenvalue weighted by Gasteiger charge is -2.43. The Hall–Kier alpha value is -1.90. The van der Waals surface area contributed by atoms with Gasteiger partial charge in [0.25, 0.3) is 10.1 Å². The molecule has 0 bridgehead atoms. The third-order valence-electron chi connectivity index (χ3n) is 4.47. The minimum absolute atomic E-state index is 0.0912. The highest BCUT2D eigenvalue weighted by Crippen LogP contribution is 2.60. The first-order chi connectivity index (χ1) is 13.5. The van der Waals surface area contributed by atoms with E-state index >= 15 is 0 Å². The fourth-order valence-electron chi connectivity index (χ4n) is 3.18. The van der Waals surface area contributed by atoms with Gasteiger partial charge in [-0.25, -0.2) is 13.1 Å². The summed E-state index contributed by atoms with van der Waals surface area (Å²) in [6.45, 7) is -0.886. The van der Waals surface area contributed by atoms with Gasteiger partial charge in [0, 0.05) is 6.54 Å². The maximum Gasteiger partial charge on any atom is 0.408 e. The molecule has 2 N–H and O–H groups in total. The van der Waals surface area contributed by atoms with Gasteiger partial charge in [0.05, 0.1) is 4.90 Å². The number of alkyl halides is 6. The molecule has 0 saturated heterocycles. The highest BCUT2D eigenvalue weighted by molar-refractivity contribution is 7.89. The Bertz CT molecular complexity index is 1030. The van der Waals surface area contributed by atoms with Crippen molar-refractivity contribution in [3.63, 3.8) is 0 Å². The van der Waals surface area contributed by atoms with Crippen LogP contribution in [0.3, 0.4) is 0 Å². The van der Waals surface area contributed by atoms with Crippen LogP contribution >= 0.6 is 0 Å². The molecule has 1 aliphatic rings. The second-order valence-electron chi connectivity index (χ2n) is 6.28. The van der Waals surface area contributed by atoms with Crippen molar-refractivity contribution in [2.45, 2.75) is 28.9 Å². The molecule has 30 heavy (non-hydrogen) atoms. The highest BCUT2D eigenvalue weighted by Gasteiger charge is 2.77. The Kier molecular flexibility index (Phi) is 6.48. The van der Waals surface area contributed by atoms with E-state index in [1.54, 1.807) is 0 Å². The molecule has 1 aromatic carbocycles. The van der Waals surface area contributed by atoms with E-state index in [1.165, 1.54) is 18.2 Å². The molecular formula is C16H15F6NO5S2. The predicted octanol–water partition coefficient (Wildman–Crippen LogP) is 3.22. The molecule has 0 amide bonds. The summed E-state index contributed by atoms with van der Waals surface area (Å²) < 4.78 is 141. The number of hydrogen-bond acceptors (Lipinski definition) is 4. The van der Waals surface area contributed by atoms with Gasteiger partial charge in [-0.15, -0.1) is 0 Å². The summed E-state index contributed by atoms with van der Waals surface area (Å²) in [6, 6.07) is 6.54. The van der Waals surface area contributed by atoms with Crippen LogP contribution in [0.1, 0.15) is 6.42 Å². The van der Waals surface area contributed by atoms with E-state index in [0.717, 1.165) is 12.1 Å². The van der Waals surface area contributed by atoms with Gasteiger partial charge in [0.2, 0.25) is 15.4 Å². The summed E-state index contributed by atoms with van der Waals surface area (Å²) in [6.07, 6.45) is -12.3. The minimum atomic E-state index is -6.17. The predicted molar refractivity (Wildman–Crippen MR) is 93.4 cm³/mol. The van der Waals surface area contributed by atoms with Gasteiger partial charge in [-0.3, -0.25) is 4.55 Å². The van der Waals surface area contributed by atoms with E-state index in [1.807, 2.05) is 4.72 Å². The molecule has 0 spiro atoms. The zero-order chi connectivity index (χ0) is 23.0. The van der Waals surface area contributed by atoms with Crippen LogP contribution in [0.25, 0.3) is 0 Å². The minimum Gasteiger partial charge on any atom is -0.285 e. The Labute approximate surface area is 168 Å². The molecule has 0 saturated carbocycles. The first-order valence-electron chi connectivity index (χ1n) is 8.07. The largest absolute Gasteiger partial charge is 0.408 e. The number of hydrogen-bond donors (Lipinski definition) is 2. The molecule has 2 rings (SSSR count). The fraction of sp³-hybridized carbons (Fsp3) is 0.375. The molecular weight excluding hydrogens is 464 g/mol. The SMILES string of the molecule is O=S(=O)(NCCC1=CC=CC(S(=O)(=O)O)C1(C(F)(F)F)C(F)(F)F)c1ccccc1. The smallest absolute Gasteiger partial charge is 0.285 e. The van der Waals surface area contributed by atoms with E-state index < -0.39 is 61.7 Å². The first-order valence-corrected chi connectivity index (χ1v) is 11.1. The molecule has 168 valence electrons. The molecule has 14 heteroatoms. The lowest BCUT2D eigenvalue weighted by atomic mass is 9.71. The normalized spacial score (nSPS) is 20.1. The third kappa shape index (κ3) is 4.40. The standard InChI is InChI=1S/C16H15F6NO5S2/c17-15(18,19)14(16(20,21)22)11(5-4-8-13(14)30(26,27)28)9-10-23-29(24,25)12-6-2-1-3-7-12/h1-8,13,23H,9-10H2,(H,26,27,28). The zero-order valence-corrected chi connectivity index (χ0v) is 16.4. The summed E-state index contributed by atoms with van der Waals surface area (Å²) >= 11 is 0. The number of nitrogens with one attached hydrogen (secondary N) is 1. The van der Waals surface area contributed by atoms with Gasteiger partial charge in [-0.05, 0) is 24.1 Å². The molecule has 0 heterocycles.